The predicted octanol–water partition coefficient (Wildman–Crippen LogP) is 15.0. The molecule has 0 saturated heterocycles. The van der Waals surface area contributed by atoms with E-state index < -0.39 is 5.41 Å². The van der Waals surface area contributed by atoms with Gasteiger partial charge in [-0.05, 0) is 75.2 Å². The fourth-order valence-electron chi connectivity index (χ4n) is 10.6. The molecule has 1 aliphatic carbocycles. The van der Waals surface area contributed by atoms with Crippen LogP contribution in [0.5, 0.6) is 0 Å². The van der Waals surface area contributed by atoms with Crippen molar-refractivity contribution in [2.75, 3.05) is 0 Å². The number of furan rings is 1. The first-order chi connectivity index (χ1) is 32.2. The molecular formula is C59H34N4OS. The maximum absolute atomic E-state index is 6.46. The first-order valence-electron chi connectivity index (χ1n) is 21.9. The van der Waals surface area contributed by atoms with Crippen LogP contribution in [-0.4, -0.2) is 19.9 Å². The van der Waals surface area contributed by atoms with Crippen molar-refractivity contribution in [3.05, 3.63) is 229 Å². The SMILES string of the molecule is c1ccc(-c2nc(-c3ccc(-c4nc5ccccc5c5cc6c(cc45)Sc4ccccc4C64c5ccccc5-c5ccccc54)cc3)nc(-c3cccc4c3oc3ccccc34)n2)cc1. The maximum Gasteiger partial charge on any atom is 0.167 e. The van der Waals surface area contributed by atoms with E-state index in [0.29, 0.717) is 17.5 Å². The number of aromatic nitrogens is 4. The number of pyridine rings is 1. The largest absolute Gasteiger partial charge is 0.455 e. The van der Waals surface area contributed by atoms with Gasteiger partial charge in [0.1, 0.15) is 11.2 Å². The van der Waals surface area contributed by atoms with Crippen molar-refractivity contribution in [2.45, 2.75) is 15.2 Å². The maximum atomic E-state index is 6.46. The summed E-state index contributed by atoms with van der Waals surface area (Å²) in [6, 6.07) is 73.3. The van der Waals surface area contributed by atoms with Crippen molar-refractivity contribution in [1.82, 2.24) is 19.9 Å². The number of benzene rings is 9. The van der Waals surface area contributed by atoms with Gasteiger partial charge in [-0.15, -0.1) is 0 Å². The van der Waals surface area contributed by atoms with Crippen molar-refractivity contribution in [2.24, 2.45) is 0 Å². The fraction of sp³-hybridized carbons (Fsp3) is 0.0169. The smallest absolute Gasteiger partial charge is 0.167 e. The minimum Gasteiger partial charge on any atom is -0.455 e. The molecule has 5 nitrogen and oxygen atoms in total. The highest BCUT2D eigenvalue weighted by atomic mass is 32.2. The highest BCUT2D eigenvalue weighted by Crippen LogP contribution is 2.62. The van der Waals surface area contributed by atoms with Gasteiger partial charge in [0.05, 0.1) is 22.2 Å². The van der Waals surface area contributed by atoms with Crippen LogP contribution in [0.2, 0.25) is 0 Å². The summed E-state index contributed by atoms with van der Waals surface area (Å²) in [5, 5.41) is 5.52. The van der Waals surface area contributed by atoms with Crippen LogP contribution >= 0.6 is 11.8 Å². The zero-order valence-electron chi connectivity index (χ0n) is 34.7. The monoisotopic (exact) mass is 846 g/mol. The van der Waals surface area contributed by atoms with Crippen molar-refractivity contribution in [1.29, 1.82) is 0 Å². The zero-order chi connectivity index (χ0) is 42.6. The Labute approximate surface area is 378 Å². The van der Waals surface area contributed by atoms with Gasteiger partial charge in [-0.3, -0.25) is 0 Å². The molecule has 2 aliphatic rings. The molecule has 9 aromatic carbocycles. The summed E-state index contributed by atoms with van der Waals surface area (Å²) < 4.78 is 6.46. The van der Waals surface area contributed by atoms with E-state index in [-0.39, 0.29) is 0 Å². The van der Waals surface area contributed by atoms with Crippen LogP contribution in [-0.2, 0) is 5.41 Å². The number of para-hydroxylation sites is 3. The average molecular weight is 847 g/mol. The molecule has 12 aromatic rings. The van der Waals surface area contributed by atoms with Gasteiger partial charge in [0.2, 0.25) is 0 Å². The number of nitrogens with zero attached hydrogens (tertiary/aromatic N) is 4. The Morgan fingerprint density at radius 3 is 1.72 bits per heavy atom. The van der Waals surface area contributed by atoms with Gasteiger partial charge in [0, 0.05) is 48.0 Å². The molecule has 14 rings (SSSR count). The second kappa shape index (κ2) is 13.9. The highest BCUT2D eigenvalue weighted by molar-refractivity contribution is 7.99. The van der Waals surface area contributed by atoms with Crippen molar-refractivity contribution in [3.63, 3.8) is 0 Å². The standard InChI is InChI=1S/C59H34N4OS/c1-2-15-36(16-3-1)56-61-57(63-58(62-56)43-22-14-21-42-41-20-7-12-27-51(41)64-55(42)43)37-31-29-35(30-32-37)54-45-34-53-49(33-44(45)40-19-6-11-26-50(40)60-54)59(48-25-10-13-28-52(48)65-53)46-23-8-4-17-38(46)39-18-5-9-24-47(39)59/h1-34H. The minimum absolute atomic E-state index is 0.470. The van der Waals surface area contributed by atoms with Gasteiger partial charge in [-0.1, -0.05) is 182 Å². The number of fused-ring (bicyclic) bond motifs is 15. The molecule has 0 bridgehead atoms. The van der Waals surface area contributed by atoms with Crippen molar-refractivity contribution < 1.29 is 4.42 Å². The molecular weight excluding hydrogens is 813 g/mol. The van der Waals surface area contributed by atoms with E-state index >= 15 is 0 Å². The quantitative estimate of drug-likeness (QED) is 0.164. The van der Waals surface area contributed by atoms with E-state index in [9.17, 15) is 0 Å². The van der Waals surface area contributed by atoms with Gasteiger partial charge < -0.3 is 4.42 Å². The predicted molar refractivity (Wildman–Crippen MR) is 263 cm³/mol. The first kappa shape index (κ1) is 36.3. The van der Waals surface area contributed by atoms with Gasteiger partial charge in [-0.2, -0.15) is 0 Å². The molecule has 3 aromatic heterocycles. The van der Waals surface area contributed by atoms with E-state index in [1.54, 1.807) is 0 Å². The van der Waals surface area contributed by atoms with E-state index in [1.165, 1.54) is 48.6 Å². The Bertz CT molecular complexity index is 3890. The van der Waals surface area contributed by atoms with Gasteiger partial charge in [0.25, 0.3) is 0 Å². The van der Waals surface area contributed by atoms with Crippen molar-refractivity contribution >= 4 is 55.4 Å². The molecule has 0 radical (unpaired) electrons. The molecule has 6 heteroatoms. The third kappa shape index (κ3) is 5.29. The van der Waals surface area contributed by atoms with Crippen molar-refractivity contribution in [3.8, 4) is 56.5 Å². The van der Waals surface area contributed by atoms with Crippen LogP contribution in [0.3, 0.4) is 0 Å². The Morgan fingerprint density at radius 2 is 0.938 bits per heavy atom. The molecule has 0 N–H and O–H groups in total. The molecule has 0 amide bonds. The molecule has 4 heterocycles. The van der Waals surface area contributed by atoms with E-state index in [2.05, 4.69) is 146 Å². The molecule has 0 atom stereocenters. The fourth-order valence-corrected chi connectivity index (χ4v) is 11.8. The van der Waals surface area contributed by atoms with Gasteiger partial charge in [0.15, 0.2) is 17.5 Å². The zero-order valence-corrected chi connectivity index (χ0v) is 35.6. The van der Waals surface area contributed by atoms with Crippen LogP contribution in [0.4, 0.5) is 0 Å². The average Bonchev–Trinajstić information content (AvgIpc) is 3.90. The lowest BCUT2D eigenvalue weighted by Crippen LogP contribution is -2.32. The lowest BCUT2D eigenvalue weighted by atomic mass is 9.67. The number of rotatable bonds is 4. The van der Waals surface area contributed by atoms with E-state index in [4.69, 9.17) is 24.4 Å². The number of hydrogen-bond donors (Lipinski definition) is 0. The van der Waals surface area contributed by atoms with Gasteiger partial charge >= 0.3 is 0 Å². The van der Waals surface area contributed by atoms with Crippen LogP contribution < -0.4 is 0 Å². The minimum atomic E-state index is -0.470. The summed E-state index contributed by atoms with van der Waals surface area (Å²) in [6.07, 6.45) is 0. The van der Waals surface area contributed by atoms with Crippen LogP contribution in [0.15, 0.2) is 220 Å². The molecule has 0 unspecified atom stereocenters. The normalized spacial score (nSPS) is 13.3. The Balaban J connectivity index is 0.952. The summed E-state index contributed by atoms with van der Waals surface area (Å²) in [7, 11) is 0. The summed E-state index contributed by atoms with van der Waals surface area (Å²) in [6.45, 7) is 0. The highest BCUT2D eigenvalue weighted by Gasteiger charge is 2.50. The van der Waals surface area contributed by atoms with E-state index in [1.807, 2.05) is 72.4 Å². The third-order valence-corrected chi connectivity index (χ3v) is 14.5. The summed E-state index contributed by atoms with van der Waals surface area (Å²) in [5.74, 6) is 1.73. The van der Waals surface area contributed by atoms with Crippen LogP contribution in [0.1, 0.15) is 22.3 Å². The summed E-state index contributed by atoms with van der Waals surface area (Å²) in [4.78, 5) is 23.2. The molecule has 1 spiro atoms. The summed E-state index contributed by atoms with van der Waals surface area (Å²) >= 11 is 1.86. The molecule has 1 aliphatic heterocycles. The Morgan fingerprint density at radius 1 is 0.354 bits per heavy atom. The Kier molecular flexibility index (Phi) is 7.77. The molecule has 302 valence electrons. The Hall–Kier alpha value is -8.19. The third-order valence-electron chi connectivity index (χ3n) is 13.4. The first-order valence-corrected chi connectivity index (χ1v) is 22.7. The molecule has 0 fully saturated rings. The summed E-state index contributed by atoms with van der Waals surface area (Å²) in [5.41, 5.74) is 14.5. The lowest BCUT2D eigenvalue weighted by molar-refractivity contribution is 0.669. The molecule has 65 heavy (non-hydrogen) atoms. The van der Waals surface area contributed by atoms with Gasteiger partial charge in [-0.25, -0.2) is 19.9 Å². The lowest BCUT2D eigenvalue weighted by Gasteiger charge is -2.40. The van der Waals surface area contributed by atoms with E-state index in [0.717, 1.165) is 66.2 Å². The second-order valence-electron chi connectivity index (χ2n) is 16.8. The number of hydrogen-bond acceptors (Lipinski definition) is 6. The topological polar surface area (TPSA) is 64.7 Å². The second-order valence-corrected chi connectivity index (χ2v) is 17.9. The molecule has 0 saturated carbocycles. The van der Waals surface area contributed by atoms with Crippen LogP contribution in [0.25, 0.3) is 100 Å². The van der Waals surface area contributed by atoms with Crippen LogP contribution in [0, 0.1) is 0 Å².